The molecule has 3 amide bonds. The van der Waals surface area contributed by atoms with Crippen molar-refractivity contribution in [1.82, 2.24) is 25.6 Å². The van der Waals surface area contributed by atoms with Gasteiger partial charge in [0.2, 0.25) is 0 Å². The molecule has 0 atom stereocenters. The number of hydrogen-bond donors (Lipinski definition) is 3. The molecule has 1 aromatic carbocycles. The van der Waals surface area contributed by atoms with Crippen molar-refractivity contribution in [3.63, 3.8) is 0 Å². The summed E-state index contributed by atoms with van der Waals surface area (Å²) in [4.78, 5) is 24.1. The molecule has 3 rings (SSSR count). The number of rotatable bonds is 8. The Balaban J connectivity index is 1.81. The second-order valence-electron chi connectivity index (χ2n) is 6.40. The minimum atomic E-state index is -0.253. The zero-order valence-corrected chi connectivity index (χ0v) is 15.4. The van der Waals surface area contributed by atoms with Gasteiger partial charge >= 0.3 is 6.03 Å². The summed E-state index contributed by atoms with van der Waals surface area (Å²) in [5.74, 6) is -0.183. The monoisotopic (exact) mass is 368 g/mol. The lowest BCUT2D eigenvalue weighted by Crippen LogP contribution is -2.28. The van der Waals surface area contributed by atoms with Crippen LogP contribution in [0.3, 0.4) is 0 Å². The number of benzene rings is 1. The van der Waals surface area contributed by atoms with Crippen molar-refractivity contribution in [3.05, 3.63) is 48.3 Å². The van der Waals surface area contributed by atoms with Crippen LogP contribution < -0.4 is 16.0 Å². The Hall–Kier alpha value is -3.16. The van der Waals surface area contributed by atoms with Crippen molar-refractivity contribution in [2.24, 2.45) is 0 Å². The zero-order valence-electron chi connectivity index (χ0n) is 15.4. The highest BCUT2D eigenvalue weighted by Crippen LogP contribution is 2.21. The minimum Gasteiger partial charge on any atom is -0.348 e. The van der Waals surface area contributed by atoms with Gasteiger partial charge in [-0.05, 0) is 56.9 Å². The molecular formula is C19H24N6O2. The first-order chi connectivity index (χ1) is 13.1. The SMILES string of the molecule is C=CCCc1c(C(=O)NC2CC2)nnn1-c1ccc(NC(=O)NCC)cc1. The molecule has 8 nitrogen and oxygen atoms in total. The molecule has 1 aliphatic rings. The largest absolute Gasteiger partial charge is 0.348 e. The Bertz CT molecular complexity index is 823. The van der Waals surface area contributed by atoms with Gasteiger partial charge < -0.3 is 16.0 Å². The molecule has 3 N–H and O–H groups in total. The fourth-order valence-electron chi connectivity index (χ4n) is 2.65. The molecule has 1 aromatic heterocycles. The Morgan fingerprint density at radius 3 is 2.67 bits per heavy atom. The van der Waals surface area contributed by atoms with Crippen molar-refractivity contribution in [2.45, 2.75) is 38.6 Å². The maximum atomic E-state index is 12.5. The molecule has 0 bridgehead atoms. The molecule has 1 heterocycles. The van der Waals surface area contributed by atoms with Crippen molar-refractivity contribution >= 4 is 17.6 Å². The quantitative estimate of drug-likeness (QED) is 0.623. The van der Waals surface area contributed by atoms with E-state index >= 15 is 0 Å². The van der Waals surface area contributed by atoms with E-state index in [2.05, 4.69) is 32.8 Å². The highest BCUT2D eigenvalue weighted by Gasteiger charge is 2.27. The van der Waals surface area contributed by atoms with Crippen LogP contribution in [0, 0.1) is 0 Å². The van der Waals surface area contributed by atoms with Crippen LogP contribution in [0.25, 0.3) is 5.69 Å². The smallest absolute Gasteiger partial charge is 0.319 e. The predicted octanol–water partition coefficient (Wildman–Crippen LogP) is 2.42. The number of aromatic nitrogens is 3. The number of nitrogens with zero attached hydrogens (tertiary/aromatic N) is 3. The van der Waals surface area contributed by atoms with Crippen LogP contribution >= 0.6 is 0 Å². The van der Waals surface area contributed by atoms with Gasteiger partial charge in [0.05, 0.1) is 11.4 Å². The summed E-state index contributed by atoms with van der Waals surface area (Å²) in [5.41, 5.74) is 2.54. The van der Waals surface area contributed by atoms with Crippen LogP contribution in [0.1, 0.15) is 42.4 Å². The minimum absolute atomic E-state index is 0.183. The van der Waals surface area contributed by atoms with E-state index in [1.165, 1.54) is 0 Å². The number of allylic oxidation sites excluding steroid dienone is 1. The molecule has 8 heteroatoms. The Morgan fingerprint density at radius 1 is 1.30 bits per heavy atom. The number of anilines is 1. The molecule has 1 fully saturated rings. The van der Waals surface area contributed by atoms with E-state index in [9.17, 15) is 9.59 Å². The molecule has 0 radical (unpaired) electrons. The Morgan fingerprint density at radius 2 is 2.04 bits per heavy atom. The lowest BCUT2D eigenvalue weighted by atomic mass is 10.1. The molecule has 1 saturated carbocycles. The summed E-state index contributed by atoms with van der Waals surface area (Å²) in [5, 5.41) is 16.7. The number of urea groups is 1. The van der Waals surface area contributed by atoms with E-state index in [1.807, 2.05) is 19.1 Å². The van der Waals surface area contributed by atoms with Crippen molar-refractivity contribution in [3.8, 4) is 5.69 Å². The fourth-order valence-corrected chi connectivity index (χ4v) is 2.65. The first-order valence-corrected chi connectivity index (χ1v) is 9.14. The van der Waals surface area contributed by atoms with Gasteiger partial charge in [0.25, 0.3) is 5.91 Å². The van der Waals surface area contributed by atoms with Gasteiger partial charge in [-0.25, -0.2) is 9.48 Å². The van der Waals surface area contributed by atoms with E-state index in [4.69, 9.17) is 0 Å². The Labute approximate surface area is 158 Å². The van der Waals surface area contributed by atoms with E-state index in [-0.39, 0.29) is 18.0 Å². The van der Waals surface area contributed by atoms with Crippen molar-refractivity contribution < 1.29 is 9.59 Å². The molecule has 0 aliphatic heterocycles. The van der Waals surface area contributed by atoms with Crippen LogP contribution in [0.5, 0.6) is 0 Å². The van der Waals surface area contributed by atoms with Crippen molar-refractivity contribution in [2.75, 3.05) is 11.9 Å². The normalized spacial score (nSPS) is 13.1. The highest BCUT2D eigenvalue weighted by atomic mass is 16.2. The average molecular weight is 368 g/mol. The van der Waals surface area contributed by atoms with Gasteiger partial charge in [-0.15, -0.1) is 11.7 Å². The van der Waals surface area contributed by atoms with Crippen LogP contribution in [-0.2, 0) is 6.42 Å². The second-order valence-corrected chi connectivity index (χ2v) is 6.40. The van der Waals surface area contributed by atoms with Crippen molar-refractivity contribution in [1.29, 1.82) is 0 Å². The third kappa shape index (κ3) is 4.72. The molecule has 2 aromatic rings. The highest BCUT2D eigenvalue weighted by molar-refractivity contribution is 5.93. The van der Waals surface area contributed by atoms with Crippen LogP contribution in [0.4, 0.5) is 10.5 Å². The zero-order chi connectivity index (χ0) is 19.2. The van der Waals surface area contributed by atoms with Gasteiger partial charge in [0.1, 0.15) is 0 Å². The average Bonchev–Trinajstić information content (AvgIpc) is 3.36. The molecule has 27 heavy (non-hydrogen) atoms. The topological polar surface area (TPSA) is 101 Å². The van der Waals surface area contributed by atoms with Crippen LogP contribution in [0.2, 0.25) is 0 Å². The molecule has 142 valence electrons. The van der Waals surface area contributed by atoms with Gasteiger partial charge in [0, 0.05) is 18.3 Å². The number of carbonyl (C=O) groups excluding carboxylic acids is 2. The second kappa shape index (κ2) is 8.48. The molecule has 0 spiro atoms. The maximum Gasteiger partial charge on any atom is 0.319 e. The summed E-state index contributed by atoms with van der Waals surface area (Å²) < 4.78 is 1.67. The van der Waals surface area contributed by atoms with Crippen LogP contribution in [-0.4, -0.2) is 39.5 Å². The summed E-state index contributed by atoms with van der Waals surface area (Å²) in [6.45, 7) is 6.17. The molecule has 0 unspecified atom stereocenters. The summed E-state index contributed by atoms with van der Waals surface area (Å²) in [7, 11) is 0. The van der Waals surface area contributed by atoms with Gasteiger partial charge in [-0.3, -0.25) is 4.79 Å². The Kier molecular flexibility index (Phi) is 5.85. The number of hydrogen-bond acceptors (Lipinski definition) is 4. The summed E-state index contributed by atoms with van der Waals surface area (Å²) in [6.07, 6.45) is 5.17. The lowest BCUT2D eigenvalue weighted by Gasteiger charge is -2.09. The van der Waals surface area contributed by atoms with Crippen LogP contribution in [0.15, 0.2) is 36.9 Å². The third-order valence-corrected chi connectivity index (χ3v) is 4.18. The molecular weight excluding hydrogens is 344 g/mol. The van der Waals surface area contributed by atoms with Gasteiger partial charge in [-0.1, -0.05) is 11.3 Å². The number of carbonyl (C=O) groups is 2. The summed E-state index contributed by atoms with van der Waals surface area (Å²) in [6, 6.07) is 7.24. The van der Waals surface area contributed by atoms with E-state index in [0.29, 0.717) is 30.8 Å². The standard InChI is InChI=1S/C19H24N6O2/c1-3-5-6-16-17(18(26)21-13-7-8-13)23-24-25(16)15-11-9-14(10-12-15)22-19(27)20-4-2/h3,9-13H,1,4-8H2,2H3,(H,21,26)(H2,20,22,27). The molecule has 0 saturated heterocycles. The lowest BCUT2D eigenvalue weighted by molar-refractivity contribution is 0.0945. The first kappa shape index (κ1) is 18.6. The van der Waals surface area contributed by atoms with E-state index in [0.717, 1.165) is 24.2 Å². The van der Waals surface area contributed by atoms with E-state index < -0.39 is 0 Å². The molecule has 1 aliphatic carbocycles. The number of amides is 3. The van der Waals surface area contributed by atoms with Gasteiger partial charge in [0.15, 0.2) is 5.69 Å². The third-order valence-electron chi connectivity index (χ3n) is 4.18. The van der Waals surface area contributed by atoms with E-state index in [1.54, 1.807) is 22.9 Å². The summed E-state index contributed by atoms with van der Waals surface area (Å²) >= 11 is 0. The first-order valence-electron chi connectivity index (χ1n) is 9.14. The van der Waals surface area contributed by atoms with Gasteiger partial charge in [-0.2, -0.15) is 0 Å². The fraction of sp³-hybridized carbons (Fsp3) is 0.368. The predicted molar refractivity (Wildman–Crippen MR) is 103 cm³/mol. The number of nitrogens with one attached hydrogen (secondary N) is 3. The maximum absolute atomic E-state index is 12.5.